The first-order valence-electron chi connectivity index (χ1n) is 9.00. The predicted molar refractivity (Wildman–Crippen MR) is 97.8 cm³/mol. The number of hydrogen-bond acceptors (Lipinski definition) is 4. The molecule has 3 aromatic rings. The molecule has 3 aromatic heterocycles. The van der Waals surface area contributed by atoms with Crippen molar-refractivity contribution in [2.45, 2.75) is 20.4 Å². The Morgan fingerprint density at radius 1 is 1.22 bits per heavy atom. The van der Waals surface area contributed by atoms with Crippen LogP contribution in [0.3, 0.4) is 0 Å². The molecule has 0 fully saturated rings. The first-order valence-corrected chi connectivity index (χ1v) is 8.26. The Morgan fingerprint density at radius 3 is 2.70 bits per heavy atom. The van der Waals surface area contributed by atoms with Gasteiger partial charge in [0.2, 0.25) is 0 Å². The standard InChI is InChI=1S/C18H13Cl2F2N3O2/c1-9-6-24-16(19)5-14(9)25-10(2)3-15(17(20)18(25)26)27-8-13-12(22)4-11(21)7-23-13/h3-7H,8H2,1-2H3/i1D3. The van der Waals surface area contributed by atoms with Crippen LogP contribution in [-0.4, -0.2) is 14.5 Å². The van der Waals surface area contributed by atoms with Gasteiger partial charge in [-0.05, 0) is 25.4 Å². The molecule has 0 aromatic carbocycles. The van der Waals surface area contributed by atoms with Gasteiger partial charge in [-0.1, -0.05) is 23.2 Å². The molecule has 0 atom stereocenters. The van der Waals surface area contributed by atoms with Crippen LogP contribution < -0.4 is 10.3 Å². The zero-order chi connectivity index (χ0) is 22.2. The van der Waals surface area contributed by atoms with Crippen molar-refractivity contribution in [3.63, 3.8) is 0 Å². The molecule has 0 spiro atoms. The molecule has 27 heavy (non-hydrogen) atoms. The highest BCUT2D eigenvalue weighted by Crippen LogP contribution is 2.26. The molecule has 140 valence electrons. The minimum atomic E-state index is -2.56. The van der Waals surface area contributed by atoms with Gasteiger partial charge in [0.1, 0.15) is 34.0 Å². The van der Waals surface area contributed by atoms with Crippen LogP contribution in [0.25, 0.3) is 5.69 Å². The zero-order valence-electron chi connectivity index (χ0n) is 16.8. The van der Waals surface area contributed by atoms with Gasteiger partial charge in [-0.25, -0.2) is 13.8 Å². The van der Waals surface area contributed by atoms with Gasteiger partial charge in [-0.15, -0.1) is 0 Å². The largest absolute Gasteiger partial charge is 0.485 e. The molecule has 0 unspecified atom stereocenters. The highest BCUT2D eigenvalue weighted by atomic mass is 35.5. The van der Waals surface area contributed by atoms with Gasteiger partial charge >= 0.3 is 0 Å². The Kier molecular flexibility index (Phi) is 4.38. The number of nitrogens with zero attached hydrogens (tertiary/aromatic N) is 3. The highest BCUT2D eigenvalue weighted by Gasteiger charge is 2.16. The Labute approximate surface area is 167 Å². The van der Waals surface area contributed by atoms with Crippen LogP contribution in [0.15, 0.2) is 35.4 Å². The van der Waals surface area contributed by atoms with E-state index in [2.05, 4.69) is 9.97 Å². The minimum absolute atomic E-state index is 0.00260. The van der Waals surface area contributed by atoms with E-state index in [4.69, 9.17) is 32.1 Å². The fourth-order valence-corrected chi connectivity index (χ4v) is 2.73. The molecule has 3 rings (SSSR count). The lowest BCUT2D eigenvalue weighted by molar-refractivity contribution is 0.292. The van der Waals surface area contributed by atoms with Crippen LogP contribution >= 0.6 is 23.2 Å². The molecule has 0 N–H and O–H groups in total. The topological polar surface area (TPSA) is 57.0 Å². The summed E-state index contributed by atoms with van der Waals surface area (Å²) in [6.07, 6.45) is 1.90. The van der Waals surface area contributed by atoms with Gasteiger partial charge < -0.3 is 4.74 Å². The molecule has 0 aliphatic heterocycles. The van der Waals surface area contributed by atoms with Gasteiger partial charge in [-0.2, -0.15) is 0 Å². The van der Waals surface area contributed by atoms with E-state index in [1.807, 2.05) is 0 Å². The third-order valence-corrected chi connectivity index (χ3v) is 4.19. The van der Waals surface area contributed by atoms with Gasteiger partial charge in [0, 0.05) is 28.1 Å². The maximum absolute atomic E-state index is 13.7. The number of halogens is 4. The van der Waals surface area contributed by atoms with E-state index < -0.39 is 30.7 Å². The summed E-state index contributed by atoms with van der Waals surface area (Å²) < 4.78 is 56.2. The average Bonchev–Trinajstić information content (AvgIpc) is 2.64. The van der Waals surface area contributed by atoms with Gasteiger partial charge in [0.25, 0.3) is 5.56 Å². The van der Waals surface area contributed by atoms with Crippen molar-refractivity contribution in [3.8, 4) is 11.4 Å². The second-order valence-corrected chi connectivity index (χ2v) is 6.26. The number of aromatic nitrogens is 3. The number of pyridine rings is 3. The lowest BCUT2D eigenvalue weighted by atomic mass is 10.2. The number of ether oxygens (including phenoxy) is 1. The summed E-state index contributed by atoms with van der Waals surface area (Å²) in [5.41, 5.74) is -0.872. The van der Waals surface area contributed by atoms with Crippen LogP contribution in [-0.2, 0) is 6.61 Å². The average molecular weight is 415 g/mol. The Morgan fingerprint density at radius 2 is 2.00 bits per heavy atom. The molecular formula is C18H13Cl2F2N3O2. The fraction of sp³-hybridized carbons (Fsp3) is 0.167. The van der Waals surface area contributed by atoms with Crippen LogP contribution in [0, 0.1) is 25.4 Å². The molecule has 0 saturated heterocycles. The fourth-order valence-electron chi connectivity index (χ4n) is 2.39. The van der Waals surface area contributed by atoms with Crippen molar-refractivity contribution in [2.75, 3.05) is 0 Å². The van der Waals surface area contributed by atoms with Crippen molar-refractivity contribution in [1.29, 1.82) is 0 Å². The molecule has 0 amide bonds. The molecule has 3 heterocycles. The summed E-state index contributed by atoms with van der Waals surface area (Å²) in [6.45, 7) is -1.44. The maximum atomic E-state index is 13.7. The highest BCUT2D eigenvalue weighted by molar-refractivity contribution is 6.32. The van der Waals surface area contributed by atoms with E-state index in [1.54, 1.807) is 0 Å². The van der Waals surface area contributed by atoms with Crippen molar-refractivity contribution in [1.82, 2.24) is 14.5 Å². The minimum Gasteiger partial charge on any atom is -0.485 e. The van der Waals surface area contributed by atoms with Gasteiger partial charge in [0.05, 0.1) is 11.9 Å². The van der Waals surface area contributed by atoms with E-state index in [1.165, 1.54) is 19.1 Å². The van der Waals surface area contributed by atoms with Crippen LogP contribution in [0.5, 0.6) is 5.75 Å². The normalized spacial score (nSPS) is 13.0. The van der Waals surface area contributed by atoms with Crippen molar-refractivity contribution in [3.05, 3.63) is 79.7 Å². The monoisotopic (exact) mass is 414 g/mol. The number of aryl methyl sites for hydroxylation is 2. The van der Waals surface area contributed by atoms with E-state index in [0.29, 0.717) is 6.07 Å². The summed E-state index contributed by atoms with van der Waals surface area (Å²) in [5, 5.41) is -0.383. The lowest BCUT2D eigenvalue weighted by Crippen LogP contribution is -2.22. The van der Waals surface area contributed by atoms with E-state index >= 15 is 0 Å². The van der Waals surface area contributed by atoms with Crippen LogP contribution in [0.4, 0.5) is 8.78 Å². The summed E-state index contributed by atoms with van der Waals surface area (Å²) in [6, 6.07) is 3.27. The predicted octanol–water partition coefficient (Wildman–Crippen LogP) is 4.41. The quantitative estimate of drug-likeness (QED) is 0.593. The molecule has 5 nitrogen and oxygen atoms in total. The first kappa shape index (κ1) is 15.5. The molecule has 0 aliphatic carbocycles. The summed E-state index contributed by atoms with van der Waals surface area (Å²) in [7, 11) is 0. The molecular weight excluding hydrogens is 399 g/mol. The lowest BCUT2D eigenvalue weighted by Gasteiger charge is -2.16. The number of hydrogen-bond donors (Lipinski definition) is 0. The Balaban J connectivity index is 2.04. The maximum Gasteiger partial charge on any atom is 0.277 e. The van der Waals surface area contributed by atoms with E-state index in [9.17, 15) is 13.6 Å². The van der Waals surface area contributed by atoms with Gasteiger partial charge in [0.15, 0.2) is 5.82 Å². The van der Waals surface area contributed by atoms with Crippen molar-refractivity contribution < 1.29 is 17.6 Å². The van der Waals surface area contributed by atoms with E-state index in [-0.39, 0.29) is 38.6 Å². The van der Waals surface area contributed by atoms with Gasteiger partial charge in [-0.3, -0.25) is 14.3 Å². The van der Waals surface area contributed by atoms with Crippen LogP contribution in [0.2, 0.25) is 10.2 Å². The van der Waals surface area contributed by atoms with Crippen LogP contribution in [0.1, 0.15) is 21.1 Å². The summed E-state index contributed by atoms with van der Waals surface area (Å²) in [4.78, 5) is 20.3. The number of rotatable bonds is 4. The first-order chi connectivity index (χ1) is 14.0. The second kappa shape index (κ2) is 7.62. The Hall–Kier alpha value is -2.51. The molecule has 0 radical (unpaired) electrons. The SMILES string of the molecule is [2H]C([2H])([2H])c1cnc(Cl)cc1-n1c(C)cc(OCc2ncc(F)cc2F)c(Cl)c1=O. The zero-order valence-corrected chi connectivity index (χ0v) is 15.3. The molecule has 0 bridgehead atoms. The smallest absolute Gasteiger partial charge is 0.277 e. The molecule has 0 saturated carbocycles. The molecule has 0 aliphatic rings. The second-order valence-electron chi connectivity index (χ2n) is 5.50. The third kappa shape index (κ3) is 3.94. The third-order valence-electron chi connectivity index (χ3n) is 3.64. The van der Waals surface area contributed by atoms with Crippen molar-refractivity contribution >= 4 is 23.2 Å². The summed E-state index contributed by atoms with van der Waals surface area (Å²) in [5.74, 6) is -1.82. The Bertz CT molecular complexity index is 1190. The van der Waals surface area contributed by atoms with Crippen molar-refractivity contribution in [2.24, 2.45) is 0 Å². The van der Waals surface area contributed by atoms with E-state index in [0.717, 1.165) is 17.0 Å². The summed E-state index contributed by atoms with van der Waals surface area (Å²) >= 11 is 12.0. The molecule has 9 heteroatoms.